The Balaban J connectivity index is 1.77. The van der Waals surface area contributed by atoms with Crippen LogP contribution in [0, 0.1) is 5.92 Å². The molecule has 0 spiro atoms. The number of likely N-dealkylation sites (N-methyl/N-ethyl adjacent to an activating group) is 1. The minimum atomic E-state index is 0.112. The predicted molar refractivity (Wildman–Crippen MR) is 78.4 cm³/mol. The third-order valence-corrected chi connectivity index (χ3v) is 4.62. The lowest BCUT2D eigenvalue weighted by atomic mass is 9.88. The van der Waals surface area contributed by atoms with Crippen LogP contribution in [-0.4, -0.2) is 53.9 Å². The van der Waals surface area contributed by atoms with Gasteiger partial charge in [-0.2, -0.15) is 0 Å². The molecular formula is C16H23N3O. The van der Waals surface area contributed by atoms with Crippen molar-refractivity contribution < 1.29 is 4.79 Å². The molecule has 2 aliphatic rings. The first-order valence-corrected chi connectivity index (χ1v) is 7.63. The molecule has 2 saturated heterocycles. The molecule has 0 unspecified atom stereocenters. The number of pyridine rings is 1. The average molecular weight is 273 g/mol. The predicted octanol–water partition coefficient (Wildman–Crippen LogP) is 1.74. The molecule has 3 rings (SSSR count). The number of rotatable bonds is 2. The second-order valence-electron chi connectivity index (χ2n) is 6.10. The lowest BCUT2D eigenvalue weighted by molar-refractivity contribution is -0.136. The van der Waals surface area contributed by atoms with Crippen molar-refractivity contribution in [1.29, 1.82) is 0 Å². The number of carbonyl (C=O) groups excluding carboxylic acids is 1. The van der Waals surface area contributed by atoms with Crippen LogP contribution in [0.3, 0.4) is 0 Å². The zero-order valence-electron chi connectivity index (χ0n) is 12.2. The fourth-order valence-corrected chi connectivity index (χ4v) is 3.55. The summed E-state index contributed by atoms with van der Waals surface area (Å²) in [5.41, 5.74) is 1.25. The zero-order valence-corrected chi connectivity index (χ0v) is 12.2. The third-order valence-electron chi connectivity index (χ3n) is 4.62. The van der Waals surface area contributed by atoms with Gasteiger partial charge in [0.15, 0.2) is 0 Å². The molecule has 2 aliphatic heterocycles. The highest BCUT2D eigenvalue weighted by Gasteiger charge is 2.39. The molecule has 0 bridgehead atoms. The largest absolute Gasteiger partial charge is 0.342 e. The quantitative estimate of drug-likeness (QED) is 0.823. The third kappa shape index (κ3) is 2.70. The minimum absolute atomic E-state index is 0.112. The number of nitrogens with zero attached hydrogens (tertiary/aromatic N) is 3. The van der Waals surface area contributed by atoms with Gasteiger partial charge in [0.1, 0.15) is 0 Å². The van der Waals surface area contributed by atoms with E-state index in [-0.39, 0.29) is 5.92 Å². The molecule has 1 aromatic heterocycles. The van der Waals surface area contributed by atoms with E-state index in [2.05, 4.69) is 34.0 Å². The van der Waals surface area contributed by atoms with Gasteiger partial charge >= 0.3 is 0 Å². The first-order chi connectivity index (χ1) is 9.75. The van der Waals surface area contributed by atoms with E-state index in [9.17, 15) is 4.79 Å². The van der Waals surface area contributed by atoms with Crippen molar-refractivity contribution in [2.75, 3.05) is 33.2 Å². The molecule has 0 saturated carbocycles. The lowest BCUT2D eigenvalue weighted by Crippen LogP contribution is -2.41. The molecular weight excluding hydrogens is 250 g/mol. The van der Waals surface area contributed by atoms with Gasteiger partial charge in [-0.05, 0) is 44.0 Å². The Hall–Kier alpha value is -1.42. The molecule has 2 fully saturated rings. The fraction of sp³-hybridized carbons (Fsp3) is 0.625. The number of carbonyl (C=O) groups is 1. The summed E-state index contributed by atoms with van der Waals surface area (Å²) in [7, 11) is 2.11. The molecule has 0 aromatic carbocycles. The highest BCUT2D eigenvalue weighted by atomic mass is 16.2. The number of piperidine rings is 1. The normalized spacial score (nSPS) is 27.8. The zero-order chi connectivity index (χ0) is 13.9. The van der Waals surface area contributed by atoms with Gasteiger partial charge in [0.2, 0.25) is 5.91 Å². The number of amides is 1. The molecule has 1 amide bonds. The van der Waals surface area contributed by atoms with Gasteiger partial charge in [0.05, 0.1) is 5.92 Å². The van der Waals surface area contributed by atoms with Gasteiger partial charge in [0, 0.05) is 44.5 Å². The van der Waals surface area contributed by atoms with Crippen LogP contribution >= 0.6 is 0 Å². The lowest BCUT2D eigenvalue weighted by Gasteiger charge is -2.31. The molecule has 2 atom stereocenters. The summed E-state index contributed by atoms with van der Waals surface area (Å²) < 4.78 is 0. The maximum Gasteiger partial charge on any atom is 0.227 e. The maximum absolute atomic E-state index is 12.8. The van der Waals surface area contributed by atoms with Gasteiger partial charge in [0.25, 0.3) is 0 Å². The molecule has 4 heteroatoms. The number of likely N-dealkylation sites (tertiary alicyclic amines) is 2. The highest BCUT2D eigenvalue weighted by molar-refractivity contribution is 5.80. The van der Waals surface area contributed by atoms with E-state index in [4.69, 9.17) is 0 Å². The van der Waals surface area contributed by atoms with Gasteiger partial charge in [-0.15, -0.1) is 0 Å². The highest BCUT2D eigenvalue weighted by Crippen LogP contribution is 2.33. The number of hydrogen-bond acceptors (Lipinski definition) is 3. The average Bonchev–Trinajstić information content (AvgIpc) is 2.90. The number of hydrogen-bond donors (Lipinski definition) is 0. The maximum atomic E-state index is 12.8. The van der Waals surface area contributed by atoms with Gasteiger partial charge < -0.3 is 9.80 Å². The molecule has 0 radical (unpaired) electrons. The van der Waals surface area contributed by atoms with Crippen molar-refractivity contribution in [2.24, 2.45) is 5.92 Å². The second-order valence-corrected chi connectivity index (χ2v) is 6.10. The van der Waals surface area contributed by atoms with Crippen LogP contribution in [0.25, 0.3) is 0 Å². The van der Waals surface area contributed by atoms with Crippen LogP contribution in [0.2, 0.25) is 0 Å². The monoisotopic (exact) mass is 273 g/mol. The topological polar surface area (TPSA) is 36.4 Å². The molecule has 3 heterocycles. The van der Waals surface area contributed by atoms with Crippen molar-refractivity contribution in [3.05, 3.63) is 30.1 Å². The summed E-state index contributed by atoms with van der Waals surface area (Å²) in [6.07, 6.45) is 7.25. The van der Waals surface area contributed by atoms with Crippen LogP contribution < -0.4 is 0 Å². The first kappa shape index (κ1) is 13.6. The SMILES string of the molecule is CN1C[C@@H](C(=O)N2CCCCC2)[C@H](c2ccncc2)C1. The van der Waals surface area contributed by atoms with Crippen LogP contribution in [-0.2, 0) is 4.79 Å². The van der Waals surface area contributed by atoms with E-state index in [0.29, 0.717) is 11.8 Å². The van der Waals surface area contributed by atoms with E-state index in [0.717, 1.165) is 39.0 Å². The van der Waals surface area contributed by atoms with E-state index in [1.807, 2.05) is 12.4 Å². The summed E-state index contributed by atoms with van der Waals surface area (Å²) in [6, 6.07) is 4.11. The van der Waals surface area contributed by atoms with E-state index < -0.39 is 0 Å². The van der Waals surface area contributed by atoms with Gasteiger partial charge in [-0.1, -0.05) is 0 Å². The van der Waals surface area contributed by atoms with Crippen LogP contribution in [0.1, 0.15) is 30.7 Å². The van der Waals surface area contributed by atoms with Crippen LogP contribution in [0.5, 0.6) is 0 Å². The molecule has 0 aliphatic carbocycles. The van der Waals surface area contributed by atoms with E-state index in [1.165, 1.54) is 12.0 Å². The Morgan fingerprint density at radius 2 is 1.85 bits per heavy atom. The smallest absolute Gasteiger partial charge is 0.227 e. The van der Waals surface area contributed by atoms with Gasteiger partial charge in [-0.3, -0.25) is 9.78 Å². The standard InChI is InChI=1S/C16H23N3O/c1-18-11-14(13-5-7-17-8-6-13)15(12-18)16(20)19-9-3-2-4-10-19/h5-8,14-15H,2-4,9-12H2,1H3/t14-,15+/m0/s1. The van der Waals surface area contributed by atoms with Crippen molar-refractivity contribution >= 4 is 5.91 Å². The Morgan fingerprint density at radius 3 is 2.55 bits per heavy atom. The summed E-state index contributed by atoms with van der Waals surface area (Å²) >= 11 is 0. The van der Waals surface area contributed by atoms with E-state index in [1.54, 1.807) is 0 Å². The Morgan fingerprint density at radius 1 is 1.15 bits per heavy atom. The Bertz CT molecular complexity index is 456. The summed E-state index contributed by atoms with van der Waals surface area (Å²) in [4.78, 5) is 21.3. The van der Waals surface area contributed by atoms with Crippen molar-refractivity contribution in [3.8, 4) is 0 Å². The minimum Gasteiger partial charge on any atom is -0.342 e. The Labute approximate surface area is 120 Å². The van der Waals surface area contributed by atoms with Crippen molar-refractivity contribution in [2.45, 2.75) is 25.2 Å². The fourth-order valence-electron chi connectivity index (χ4n) is 3.55. The van der Waals surface area contributed by atoms with E-state index >= 15 is 0 Å². The van der Waals surface area contributed by atoms with Crippen molar-refractivity contribution in [1.82, 2.24) is 14.8 Å². The first-order valence-electron chi connectivity index (χ1n) is 7.63. The molecule has 4 nitrogen and oxygen atoms in total. The molecule has 1 aromatic rings. The van der Waals surface area contributed by atoms with Crippen LogP contribution in [0.4, 0.5) is 0 Å². The second kappa shape index (κ2) is 5.92. The molecule has 20 heavy (non-hydrogen) atoms. The van der Waals surface area contributed by atoms with Crippen molar-refractivity contribution in [3.63, 3.8) is 0 Å². The summed E-state index contributed by atoms with van der Waals surface area (Å²) in [6.45, 7) is 3.74. The summed E-state index contributed by atoms with van der Waals surface area (Å²) in [5.74, 6) is 0.786. The summed E-state index contributed by atoms with van der Waals surface area (Å²) in [5, 5.41) is 0. The number of aromatic nitrogens is 1. The van der Waals surface area contributed by atoms with Gasteiger partial charge in [-0.25, -0.2) is 0 Å². The molecule has 0 N–H and O–H groups in total. The Kier molecular flexibility index (Phi) is 4.01. The molecule has 108 valence electrons. The van der Waals surface area contributed by atoms with Crippen LogP contribution in [0.15, 0.2) is 24.5 Å².